The molecule has 1 nitrogen and oxygen atoms in total. The quantitative estimate of drug-likeness (QED) is 0.604. The predicted octanol–water partition coefficient (Wildman–Crippen LogP) is 4.23. The molecule has 0 radical (unpaired) electrons. The van der Waals surface area contributed by atoms with Crippen molar-refractivity contribution >= 4 is 5.78 Å². The number of benzene rings is 2. The summed E-state index contributed by atoms with van der Waals surface area (Å²) < 4.78 is 39.4. The molecule has 20 heavy (non-hydrogen) atoms. The number of Topliss-reactive ketones (excluding diaryl/α,β-unsaturated/α-hetero) is 1. The maximum atomic E-state index is 13.5. The zero-order chi connectivity index (χ0) is 14.7. The predicted molar refractivity (Wildman–Crippen MR) is 70.1 cm³/mol. The third kappa shape index (κ3) is 2.90. The standard InChI is InChI=1S/C16H13F3O/c1-10-4-2-3-5-11(10)6-9-14(20)12-7-8-13(17)16(19)15(12)18/h2-5,7-8H,6,9H2,1H3. The SMILES string of the molecule is Cc1ccccc1CCC(=O)c1ccc(F)c(F)c1F. The second-order valence-electron chi connectivity index (χ2n) is 4.57. The zero-order valence-electron chi connectivity index (χ0n) is 10.9. The lowest BCUT2D eigenvalue weighted by molar-refractivity contribution is 0.0977. The number of hydrogen-bond acceptors (Lipinski definition) is 1. The first-order valence-electron chi connectivity index (χ1n) is 6.22. The fourth-order valence-electron chi connectivity index (χ4n) is 2.01. The molecule has 2 aromatic carbocycles. The largest absolute Gasteiger partial charge is 0.294 e. The summed E-state index contributed by atoms with van der Waals surface area (Å²) in [5.74, 6) is -4.85. The fourth-order valence-corrected chi connectivity index (χ4v) is 2.01. The fraction of sp³-hybridized carbons (Fsp3) is 0.188. The summed E-state index contributed by atoms with van der Waals surface area (Å²) in [4.78, 5) is 11.9. The molecule has 0 aliphatic carbocycles. The third-order valence-corrected chi connectivity index (χ3v) is 3.22. The molecule has 0 N–H and O–H groups in total. The van der Waals surface area contributed by atoms with Gasteiger partial charge in [0.2, 0.25) is 0 Å². The lowest BCUT2D eigenvalue weighted by Gasteiger charge is -2.06. The Labute approximate surface area is 115 Å². The van der Waals surface area contributed by atoms with Gasteiger partial charge in [0.1, 0.15) is 0 Å². The van der Waals surface area contributed by atoms with Crippen LogP contribution < -0.4 is 0 Å². The van der Waals surface area contributed by atoms with Gasteiger partial charge in [0, 0.05) is 6.42 Å². The first-order chi connectivity index (χ1) is 9.50. The van der Waals surface area contributed by atoms with Crippen molar-refractivity contribution in [2.24, 2.45) is 0 Å². The van der Waals surface area contributed by atoms with Crippen molar-refractivity contribution in [1.82, 2.24) is 0 Å². The van der Waals surface area contributed by atoms with Crippen LogP contribution in [0.1, 0.15) is 27.9 Å². The lowest BCUT2D eigenvalue weighted by Crippen LogP contribution is -2.07. The van der Waals surface area contributed by atoms with Crippen LogP contribution in [0.2, 0.25) is 0 Å². The van der Waals surface area contributed by atoms with Gasteiger partial charge in [-0.1, -0.05) is 24.3 Å². The van der Waals surface area contributed by atoms with E-state index in [1.54, 1.807) is 0 Å². The summed E-state index contributed by atoms with van der Waals surface area (Å²) >= 11 is 0. The van der Waals surface area contributed by atoms with Crippen LogP contribution >= 0.6 is 0 Å². The number of carbonyl (C=O) groups is 1. The Balaban J connectivity index is 2.14. The van der Waals surface area contributed by atoms with Crippen LogP contribution in [0.4, 0.5) is 13.2 Å². The normalized spacial score (nSPS) is 10.6. The van der Waals surface area contributed by atoms with Crippen LogP contribution in [0, 0.1) is 24.4 Å². The van der Waals surface area contributed by atoms with E-state index in [2.05, 4.69) is 0 Å². The average molecular weight is 278 g/mol. The van der Waals surface area contributed by atoms with Gasteiger partial charge in [0.25, 0.3) is 0 Å². The molecule has 0 bridgehead atoms. The van der Waals surface area contributed by atoms with Gasteiger partial charge in [-0.3, -0.25) is 4.79 Å². The van der Waals surface area contributed by atoms with E-state index >= 15 is 0 Å². The van der Waals surface area contributed by atoms with Crippen molar-refractivity contribution in [2.75, 3.05) is 0 Å². The molecule has 0 saturated heterocycles. The highest BCUT2D eigenvalue weighted by Crippen LogP contribution is 2.18. The van der Waals surface area contributed by atoms with Crippen molar-refractivity contribution in [3.05, 3.63) is 70.5 Å². The molecule has 0 aromatic heterocycles. The molecule has 2 aromatic rings. The van der Waals surface area contributed by atoms with Gasteiger partial charge in [-0.05, 0) is 36.6 Å². The Kier molecular flexibility index (Phi) is 4.23. The Morgan fingerprint density at radius 3 is 2.40 bits per heavy atom. The molecule has 0 saturated carbocycles. The molecule has 0 heterocycles. The molecule has 0 fully saturated rings. The van der Waals surface area contributed by atoms with E-state index < -0.39 is 28.8 Å². The van der Waals surface area contributed by atoms with Crippen molar-refractivity contribution in [1.29, 1.82) is 0 Å². The molecule has 0 unspecified atom stereocenters. The highest BCUT2D eigenvalue weighted by Gasteiger charge is 2.18. The second-order valence-corrected chi connectivity index (χ2v) is 4.57. The number of ketones is 1. The van der Waals surface area contributed by atoms with Gasteiger partial charge in [-0.25, -0.2) is 13.2 Å². The van der Waals surface area contributed by atoms with Gasteiger partial charge in [0.05, 0.1) is 5.56 Å². The molecule has 4 heteroatoms. The van der Waals surface area contributed by atoms with Crippen molar-refractivity contribution < 1.29 is 18.0 Å². The second kappa shape index (κ2) is 5.90. The van der Waals surface area contributed by atoms with Gasteiger partial charge in [-0.2, -0.15) is 0 Å². The molecular weight excluding hydrogens is 265 g/mol. The van der Waals surface area contributed by atoms with E-state index in [4.69, 9.17) is 0 Å². The molecule has 0 atom stereocenters. The molecule has 0 amide bonds. The van der Waals surface area contributed by atoms with Crippen LogP contribution in [-0.2, 0) is 6.42 Å². The minimum Gasteiger partial charge on any atom is -0.294 e. The van der Waals surface area contributed by atoms with Crippen LogP contribution in [0.25, 0.3) is 0 Å². The minimum absolute atomic E-state index is 0.0485. The highest BCUT2D eigenvalue weighted by atomic mass is 19.2. The van der Waals surface area contributed by atoms with Gasteiger partial charge in [0.15, 0.2) is 23.2 Å². The first-order valence-corrected chi connectivity index (χ1v) is 6.22. The van der Waals surface area contributed by atoms with E-state index in [0.717, 1.165) is 23.3 Å². The van der Waals surface area contributed by atoms with Gasteiger partial charge in [-0.15, -0.1) is 0 Å². The van der Waals surface area contributed by atoms with Crippen molar-refractivity contribution in [2.45, 2.75) is 19.8 Å². The van der Waals surface area contributed by atoms with Crippen LogP contribution in [0.15, 0.2) is 36.4 Å². The average Bonchev–Trinajstić information content (AvgIpc) is 2.44. The lowest BCUT2D eigenvalue weighted by atomic mass is 9.99. The number of hydrogen-bond donors (Lipinski definition) is 0. The number of carbonyl (C=O) groups excluding carboxylic acids is 1. The molecule has 2 rings (SSSR count). The summed E-state index contributed by atoms with van der Waals surface area (Å²) in [6.07, 6.45) is 0.483. The third-order valence-electron chi connectivity index (χ3n) is 3.22. The number of halogens is 3. The monoisotopic (exact) mass is 278 g/mol. The van der Waals surface area contributed by atoms with Crippen LogP contribution in [0.5, 0.6) is 0 Å². The van der Waals surface area contributed by atoms with E-state index in [9.17, 15) is 18.0 Å². The highest BCUT2D eigenvalue weighted by molar-refractivity contribution is 5.96. The Morgan fingerprint density at radius 1 is 1.00 bits per heavy atom. The zero-order valence-corrected chi connectivity index (χ0v) is 10.9. The van der Waals surface area contributed by atoms with E-state index in [-0.39, 0.29) is 6.42 Å². The van der Waals surface area contributed by atoms with Crippen LogP contribution in [-0.4, -0.2) is 5.78 Å². The molecular formula is C16H13F3O. The Hall–Kier alpha value is -2.10. The summed E-state index contributed by atoms with van der Waals surface area (Å²) in [6, 6.07) is 9.27. The summed E-state index contributed by atoms with van der Waals surface area (Å²) in [5.41, 5.74) is 1.60. The molecule has 0 aliphatic heterocycles. The molecule has 104 valence electrons. The summed E-state index contributed by atoms with van der Waals surface area (Å²) in [7, 11) is 0. The van der Waals surface area contributed by atoms with Crippen molar-refractivity contribution in [3.8, 4) is 0 Å². The Morgan fingerprint density at radius 2 is 1.70 bits per heavy atom. The molecule has 0 aliphatic rings. The maximum Gasteiger partial charge on any atom is 0.195 e. The van der Waals surface area contributed by atoms with Crippen molar-refractivity contribution in [3.63, 3.8) is 0 Å². The number of rotatable bonds is 4. The smallest absolute Gasteiger partial charge is 0.195 e. The maximum absolute atomic E-state index is 13.5. The Bertz CT molecular complexity index is 650. The van der Waals surface area contributed by atoms with E-state index in [1.165, 1.54) is 0 Å². The topological polar surface area (TPSA) is 17.1 Å². The van der Waals surface area contributed by atoms with Gasteiger partial charge < -0.3 is 0 Å². The summed E-state index contributed by atoms with van der Waals surface area (Å²) in [5, 5.41) is 0. The van der Waals surface area contributed by atoms with Gasteiger partial charge >= 0.3 is 0 Å². The van der Waals surface area contributed by atoms with E-state index in [0.29, 0.717) is 6.42 Å². The van der Waals surface area contributed by atoms with E-state index in [1.807, 2.05) is 31.2 Å². The van der Waals surface area contributed by atoms with Crippen LogP contribution in [0.3, 0.4) is 0 Å². The summed E-state index contributed by atoms with van der Waals surface area (Å²) in [6.45, 7) is 1.91. The first kappa shape index (κ1) is 14.3. The number of aryl methyl sites for hydroxylation is 2. The minimum atomic E-state index is -1.60. The molecule has 0 spiro atoms.